The van der Waals surface area contributed by atoms with Gasteiger partial charge in [0.25, 0.3) is 5.91 Å². The Morgan fingerprint density at radius 2 is 1.85 bits per heavy atom. The summed E-state index contributed by atoms with van der Waals surface area (Å²) < 4.78 is 69.1. The molecular weight excluding hydrogens is 385 g/mol. The molecule has 0 heterocycles. The van der Waals surface area contributed by atoms with E-state index in [-0.39, 0.29) is 28.4 Å². The van der Waals surface area contributed by atoms with Crippen molar-refractivity contribution in [1.82, 2.24) is 0 Å². The minimum atomic E-state index is -4.56. The van der Waals surface area contributed by atoms with Crippen LogP contribution in [0.3, 0.4) is 0 Å². The number of alkyl halides is 3. The van der Waals surface area contributed by atoms with Gasteiger partial charge in [-0.25, -0.2) is 8.42 Å². The van der Waals surface area contributed by atoms with Crippen molar-refractivity contribution in [3.8, 4) is 5.75 Å². The molecule has 0 saturated carbocycles. The third-order valence-electron chi connectivity index (χ3n) is 3.56. The van der Waals surface area contributed by atoms with Crippen molar-refractivity contribution in [2.45, 2.75) is 13.1 Å². The fraction of sp³-hybridized carbons (Fsp3) is 0.235. The molecule has 146 valence electrons. The highest BCUT2D eigenvalue weighted by atomic mass is 32.2. The van der Waals surface area contributed by atoms with E-state index < -0.39 is 27.7 Å². The Bertz CT molecular complexity index is 943. The van der Waals surface area contributed by atoms with Gasteiger partial charge < -0.3 is 10.1 Å². The van der Waals surface area contributed by atoms with Crippen LogP contribution in [0.4, 0.5) is 24.5 Å². The molecule has 0 atom stereocenters. The lowest BCUT2D eigenvalue weighted by Gasteiger charge is -2.13. The average Bonchev–Trinajstić information content (AvgIpc) is 2.62. The van der Waals surface area contributed by atoms with Gasteiger partial charge in [-0.1, -0.05) is 6.07 Å². The van der Waals surface area contributed by atoms with E-state index in [9.17, 15) is 26.4 Å². The summed E-state index contributed by atoms with van der Waals surface area (Å²) in [5, 5.41) is 2.45. The van der Waals surface area contributed by atoms with Crippen molar-refractivity contribution in [2.24, 2.45) is 0 Å². The smallest absolute Gasteiger partial charge is 0.416 e. The van der Waals surface area contributed by atoms with Crippen molar-refractivity contribution in [3.05, 3.63) is 53.6 Å². The Morgan fingerprint density at radius 3 is 2.44 bits per heavy atom. The molecule has 27 heavy (non-hydrogen) atoms. The SMILES string of the molecule is CCS(=O)(=O)Nc1ccc(NC(=O)c2cccc(C(F)(F)F)c2)cc1OC. The van der Waals surface area contributed by atoms with Gasteiger partial charge in [0.15, 0.2) is 0 Å². The molecule has 0 radical (unpaired) electrons. The van der Waals surface area contributed by atoms with E-state index in [1.807, 2.05) is 0 Å². The maximum Gasteiger partial charge on any atom is 0.416 e. The van der Waals surface area contributed by atoms with Crippen LogP contribution in [-0.4, -0.2) is 27.2 Å². The Kier molecular flexibility index (Phi) is 5.99. The minimum absolute atomic E-state index is 0.135. The van der Waals surface area contributed by atoms with Crippen molar-refractivity contribution in [3.63, 3.8) is 0 Å². The van der Waals surface area contributed by atoms with E-state index in [2.05, 4.69) is 10.0 Å². The van der Waals surface area contributed by atoms with Gasteiger partial charge in [0, 0.05) is 17.3 Å². The van der Waals surface area contributed by atoms with Crippen LogP contribution in [0.1, 0.15) is 22.8 Å². The molecule has 0 aromatic heterocycles. The zero-order valence-electron chi connectivity index (χ0n) is 14.4. The van der Waals surface area contributed by atoms with E-state index in [0.29, 0.717) is 0 Å². The number of methoxy groups -OCH3 is 1. The molecule has 6 nitrogen and oxygen atoms in total. The van der Waals surface area contributed by atoms with Crippen LogP contribution in [0.5, 0.6) is 5.75 Å². The summed E-state index contributed by atoms with van der Waals surface area (Å²) in [5.41, 5.74) is -0.693. The monoisotopic (exact) mass is 402 g/mol. The fourth-order valence-corrected chi connectivity index (χ4v) is 2.78. The molecular formula is C17H17F3N2O4S. The second-order valence-electron chi connectivity index (χ2n) is 5.45. The lowest BCUT2D eigenvalue weighted by Crippen LogP contribution is -2.16. The number of carbonyl (C=O) groups excluding carboxylic acids is 1. The van der Waals surface area contributed by atoms with Crippen LogP contribution < -0.4 is 14.8 Å². The van der Waals surface area contributed by atoms with Crippen molar-refractivity contribution >= 4 is 27.3 Å². The van der Waals surface area contributed by atoms with Crippen molar-refractivity contribution in [2.75, 3.05) is 22.9 Å². The van der Waals surface area contributed by atoms with Gasteiger partial charge in [0.1, 0.15) is 5.75 Å². The molecule has 10 heteroatoms. The Morgan fingerprint density at radius 1 is 1.15 bits per heavy atom. The maximum atomic E-state index is 12.8. The molecule has 0 aliphatic heterocycles. The largest absolute Gasteiger partial charge is 0.494 e. The van der Waals surface area contributed by atoms with Gasteiger partial charge in [-0.05, 0) is 37.3 Å². The molecule has 0 bridgehead atoms. The first kappa shape index (κ1) is 20.6. The topological polar surface area (TPSA) is 84.5 Å². The molecule has 2 aromatic rings. The van der Waals surface area contributed by atoms with Gasteiger partial charge in [-0.3, -0.25) is 9.52 Å². The number of ether oxygens (including phenoxy) is 1. The number of anilines is 2. The molecule has 0 aliphatic carbocycles. The number of nitrogens with one attached hydrogen (secondary N) is 2. The van der Waals surface area contributed by atoms with Crippen LogP contribution in [0.25, 0.3) is 0 Å². The summed E-state index contributed by atoms with van der Waals surface area (Å²) in [6.45, 7) is 1.47. The molecule has 0 unspecified atom stereocenters. The van der Waals surface area contributed by atoms with E-state index in [0.717, 1.165) is 18.2 Å². The average molecular weight is 402 g/mol. The second-order valence-corrected chi connectivity index (χ2v) is 7.46. The lowest BCUT2D eigenvalue weighted by molar-refractivity contribution is -0.137. The van der Waals surface area contributed by atoms with Gasteiger partial charge in [-0.15, -0.1) is 0 Å². The number of rotatable bonds is 6. The number of carbonyl (C=O) groups is 1. The molecule has 0 spiro atoms. The number of amides is 1. The van der Waals surface area contributed by atoms with E-state index in [1.54, 1.807) is 0 Å². The third-order valence-corrected chi connectivity index (χ3v) is 4.85. The summed E-state index contributed by atoms with van der Waals surface area (Å²) in [5.74, 6) is -0.733. The summed E-state index contributed by atoms with van der Waals surface area (Å²) in [7, 11) is -2.21. The Balaban J connectivity index is 2.24. The summed E-state index contributed by atoms with van der Waals surface area (Å²) >= 11 is 0. The van der Waals surface area contributed by atoms with Gasteiger partial charge in [-0.2, -0.15) is 13.2 Å². The van der Waals surface area contributed by atoms with Gasteiger partial charge in [0.05, 0.1) is 24.1 Å². The minimum Gasteiger partial charge on any atom is -0.494 e. The lowest BCUT2D eigenvalue weighted by atomic mass is 10.1. The first-order valence-corrected chi connectivity index (χ1v) is 9.38. The summed E-state index contributed by atoms with van der Waals surface area (Å²) in [6.07, 6.45) is -4.56. The summed E-state index contributed by atoms with van der Waals surface area (Å²) in [6, 6.07) is 8.16. The molecule has 1 amide bonds. The number of halogens is 3. The molecule has 2 N–H and O–H groups in total. The van der Waals surface area contributed by atoms with E-state index >= 15 is 0 Å². The van der Waals surface area contributed by atoms with E-state index in [1.165, 1.54) is 38.3 Å². The van der Waals surface area contributed by atoms with Crippen LogP contribution in [0.15, 0.2) is 42.5 Å². The molecule has 0 fully saturated rings. The number of hydrogen-bond acceptors (Lipinski definition) is 4. The zero-order valence-corrected chi connectivity index (χ0v) is 15.2. The predicted molar refractivity (Wildman–Crippen MR) is 95.5 cm³/mol. The number of benzene rings is 2. The molecule has 0 aliphatic rings. The van der Waals surface area contributed by atoms with Crippen LogP contribution in [-0.2, 0) is 16.2 Å². The second kappa shape index (κ2) is 7.87. The zero-order chi connectivity index (χ0) is 20.2. The van der Waals surface area contributed by atoms with Crippen LogP contribution in [0.2, 0.25) is 0 Å². The summed E-state index contributed by atoms with van der Waals surface area (Å²) in [4.78, 5) is 12.2. The van der Waals surface area contributed by atoms with Gasteiger partial charge in [0.2, 0.25) is 10.0 Å². The van der Waals surface area contributed by atoms with Crippen molar-refractivity contribution < 1.29 is 31.1 Å². The highest BCUT2D eigenvalue weighted by Crippen LogP contribution is 2.31. The normalized spacial score (nSPS) is 11.7. The molecule has 0 saturated heterocycles. The quantitative estimate of drug-likeness (QED) is 0.771. The number of hydrogen-bond donors (Lipinski definition) is 2. The Labute approximate surface area is 154 Å². The van der Waals surface area contributed by atoms with Crippen LogP contribution in [0, 0.1) is 0 Å². The number of sulfonamides is 1. The highest BCUT2D eigenvalue weighted by molar-refractivity contribution is 7.92. The van der Waals surface area contributed by atoms with Gasteiger partial charge >= 0.3 is 6.18 Å². The highest BCUT2D eigenvalue weighted by Gasteiger charge is 2.30. The maximum absolute atomic E-state index is 12.8. The van der Waals surface area contributed by atoms with Crippen molar-refractivity contribution in [1.29, 1.82) is 0 Å². The standard InChI is InChI=1S/C17H17F3N2O4S/c1-3-27(24,25)22-14-8-7-13(10-15(14)26-2)21-16(23)11-5-4-6-12(9-11)17(18,19)20/h4-10,22H,3H2,1-2H3,(H,21,23). The molecule has 2 aromatic carbocycles. The predicted octanol–water partition coefficient (Wildman–Crippen LogP) is 3.73. The Hall–Kier alpha value is -2.75. The molecule has 2 rings (SSSR count). The fourth-order valence-electron chi connectivity index (χ4n) is 2.13. The van der Waals surface area contributed by atoms with Crippen LogP contribution >= 0.6 is 0 Å². The first-order valence-electron chi connectivity index (χ1n) is 7.73. The van der Waals surface area contributed by atoms with E-state index in [4.69, 9.17) is 4.74 Å². The first-order chi connectivity index (χ1) is 12.6. The third kappa shape index (κ3) is 5.36.